The van der Waals surface area contributed by atoms with Gasteiger partial charge in [-0.3, -0.25) is 4.79 Å². The van der Waals surface area contributed by atoms with Gasteiger partial charge in [-0.15, -0.1) is 0 Å². The highest BCUT2D eigenvalue weighted by Gasteiger charge is 2.22. The van der Waals surface area contributed by atoms with Crippen LogP contribution in [0.1, 0.15) is 18.0 Å². The second-order valence-electron chi connectivity index (χ2n) is 3.13. The molecule has 0 spiro atoms. The third-order valence-electron chi connectivity index (χ3n) is 1.96. The molecule has 0 saturated heterocycles. The van der Waals surface area contributed by atoms with Gasteiger partial charge in [0.05, 0.1) is 11.4 Å². The number of hydrogen-bond acceptors (Lipinski definition) is 3. The van der Waals surface area contributed by atoms with E-state index in [-0.39, 0.29) is 5.56 Å². The Morgan fingerprint density at radius 3 is 2.56 bits per heavy atom. The highest BCUT2D eigenvalue weighted by atomic mass is 35.5. The third kappa shape index (κ3) is 2.40. The van der Waals surface area contributed by atoms with E-state index in [9.17, 15) is 13.6 Å². The number of carboxylic acid groups (broad SMARTS) is 1. The van der Waals surface area contributed by atoms with E-state index in [4.69, 9.17) is 27.5 Å². The summed E-state index contributed by atoms with van der Waals surface area (Å²) in [5.41, 5.74) is 4.97. The molecule has 1 unspecified atom stereocenters. The van der Waals surface area contributed by atoms with Crippen molar-refractivity contribution in [3.05, 3.63) is 28.3 Å². The van der Waals surface area contributed by atoms with Gasteiger partial charge in [0.2, 0.25) is 5.82 Å². The SMILES string of the molecule is NC(CC(=O)O)c1cc(Cl)c(O)c(F)c1F. The standard InChI is InChI=1S/C9H8ClF2NO3/c10-4-1-3(5(13)2-6(14)15)7(11)8(12)9(4)16/h1,5,16H,2,13H2,(H,14,15). The van der Waals surface area contributed by atoms with Gasteiger partial charge in [-0.05, 0) is 6.07 Å². The number of aromatic hydroxyl groups is 1. The summed E-state index contributed by atoms with van der Waals surface area (Å²) < 4.78 is 26.3. The van der Waals surface area contributed by atoms with Crippen LogP contribution >= 0.6 is 11.6 Å². The van der Waals surface area contributed by atoms with Crippen molar-refractivity contribution >= 4 is 17.6 Å². The van der Waals surface area contributed by atoms with Crippen molar-refractivity contribution < 1.29 is 23.8 Å². The molecule has 0 saturated carbocycles. The number of rotatable bonds is 3. The number of phenols is 1. The highest BCUT2D eigenvalue weighted by Crippen LogP contribution is 2.33. The fraction of sp³-hybridized carbons (Fsp3) is 0.222. The maximum absolute atomic E-state index is 13.3. The van der Waals surface area contributed by atoms with E-state index in [0.29, 0.717) is 0 Å². The van der Waals surface area contributed by atoms with Gasteiger partial charge in [0, 0.05) is 11.6 Å². The van der Waals surface area contributed by atoms with Crippen molar-refractivity contribution in [3.8, 4) is 5.75 Å². The van der Waals surface area contributed by atoms with Crippen LogP contribution in [0.2, 0.25) is 5.02 Å². The smallest absolute Gasteiger partial charge is 0.305 e. The number of carbonyl (C=O) groups is 1. The first-order valence-corrected chi connectivity index (χ1v) is 4.56. The molecule has 4 N–H and O–H groups in total. The third-order valence-corrected chi connectivity index (χ3v) is 2.24. The van der Waals surface area contributed by atoms with Crippen LogP contribution in [0.5, 0.6) is 5.75 Å². The molecule has 0 radical (unpaired) electrons. The van der Waals surface area contributed by atoms with Crippen molar-refractivity contribution in [2.45, 2.75) is 12.5 Å². The molecule has 1 atom stereocenters. The molecule has 0 aliphatic heterocycles. The predicted molar refractivity (Wildman–Crippen MR) is 52.2 cm³/mol. The zero-order valence-electron chi connectivity index (χ0n) is 7.88. The monoisotopic (exact) mass is 251 g/mol. The van der Waals surface area contributed by atoms with Crippen LogP contribution in [0, 0.1) is 11.6 Å². The maximum atomic E-state index is 13.3. The number of halogens is 3. The van der Waals surface area contributed by atoms with E-state index in [2.05, 4.69) is 0 Å². The Morgan fingerprint density at radius 2 is 2.06 bits per heavy atom. The van der Waals surface area contributed by atoms with Crippen LogP contribution in [0.25, 0.3) is 0 Å². The molecule has 0 aromatic heterocycles. The summed E-state index contributed by atoms with van der Waals surface area (Å²) in [4.78, 5) is 10.4. The predicted octanol–water partition coefficient (Wildman–Crippen LogP) is 1.80. The quantitative estimate of drug-likeness (QED) is 0.715. The fourth-order valence-electron chi connectivity index (χ4n) is 1.17. The van der Waals surface area contributed by atoms with Crippen LogP contribution < -0.4 is 5.73 Å². The topological polar surface area (TPSA) is 83.6 Å². The average molecular weight is 252 g/mol. The Kier molecular flexibility index (Phi) is 3.66. The molecule has 0 heterocycles. The summed E-state index contributed by atoms with van der Waals surface area (Å²) >= 11 is 5.41. The molecule has 16 heavy (non-hydrogen) atoms. The van der Waals surface area contributed by atoms with E-state index < -0.39 is 40.8 Å². The molecule has 0 bridgehead atoms. The summed E-state index contributed by atoms with van der Waals surface area (Å²) in [6.07, 6.45) is -0.572. The van der Waals surface area contributed by atoms with Crippen LogP contribution in [-0.2, 0) is 4.79 Å². The summed E-state index contributed by atoms with van der Waals surface area (Å²) in [5.74, 6) is -5.21. The normalized spacial score (nSPS) is 12.5. The zero-order chi connectivity index (χ0) is 12.5. The van der Waals surface area contributed by atoms with Crippen LogP contribution in [0.3, 0.4) is 0 Å². The molecule has 0 amide bonds. The Balaban J connectivity index is 3.19. The molecule has 1 aromatic carbocycles. The van der Waals surface area contributed by atoms with E-state index in [1.807, 2.05) is 0 Å². The van der Waals surface area contributed by atoms with Crippen molar-refractivity contribution in [2.24, 2.45) is 5.73 Å². The van der Waals surface area contributed by atoms with Gasteiger partial charge in [-0.25, -0.2) is 4.39 Å². The van der Waals surface area contributed by atoms with Crippen molar-refractivity contribution in [3.63, 3.8) is 0 Å². The molecular weight excluding hydrogens is 244 g/mol. The van der Waals surface area contributed by atoms with Crippen molar-refractivity contribution in [1.82, 2.24) is 0 Å². The minimum atomic E-state index is -1.54. The van der Waals surface area contributed by atoms with Crippen LogP contribution in [0.4, 0.5) is 8.78 Å². The summed E-state index contributed by atoms with van der Waals surface area (Å²) in [6.45, 7) is 0. The number of benzene rings is 1. The lowest BCUT2D eigenvalue weighted by Gasteiger charge is -2.12. The first kappa shape index (κ1) is 12.7. The molecule has 0 fully saturated rings. The lowest BCUT2D eigenvalue weighted by atomic mass is 10.0. The molecule has 7 heteroatoms. The minimum Gasteiger partial charge on any atom is -0.504 e. The Morgan fingerprint density at radius 1 is 1.50 bits per heavy atom. The van der Waals surface area contributed by atoms with Crippen LogP contribution in [0.15, 0.2) is 6.07 Å². The van der Waals surface area contributed by atoms with Gasteiger partial charge >= 0.3 is 5.97 Å². The van der Waals surface area contributed by atoms with Gasteiger partial charge in [0.25, 0.3) is 0 Å². The Bertz CT molecular complexity index is 439. The maximum Gasteiger partial charge on any atom is 0.305 e. The molecular formula is C9H8ClF2NO3. The number of carboxylic acids is 1. The Hall–Kier alpha value is -1.40. The van der Waals surface area contributed by atoms with Crippen molar-refractivity contribution in [1.29, 1.82) is 0 Å². The molecule has 1 aromatic rings. The first-order valence-electron chi connectivity index (χ1n) is 4.18. The molecule has 1 rings (SSSR count). The fourth-order valence-corrected chi connectivity index (χ4v) is 1.37. The molecule has 0 aliphatic rings. The lowest BCUT2D eigenvalue weighted by Crippen LogP contribution is -2.17. The van der Waals surface area contributed by atoms with E-state index in [1.165, 1.54) is 0 Å². The average Bonchev–Trinajstić information content (AvgIpc) is 2.19. The number of phenolic OH excluding ortho intramolecular Hbond substituents is 1. The molecule has 0 aliphatic carbocycles. The van der Waals surface area contributed by atoms with E-state index >= 15 is 0 Å². The highest BCUT2D eigenvalue weighted by molar-refractivity contribution is 6.32. The van der Waals surface area contributed by atoms with E-state index in [1.54, 1.807) is 0 Å². The van der Waals surface area contributed by atoms with Crippen LogP contribution in [-0.4, -0.2) is 16.2 Å². The van der Waals surface area contributed by atoms with Gasteiger partial charge in [0.1, 0.15) is 0 Å². The van der Waals surface area contributed by atoms with E-state index in [0.717, 1.165) is 6.07 Å². The minimum absolute atomic E-state index is 0.386. The summed E-state index contributed by atoms with van der Waals surface area (Å²) in [6, 6.07) is -0.326. The van der Waals surface area contributed by atoms with Gasteiger partial charge in [-0.1, -0.05) is 11.6 Å². The number of hydrogen-bond donors (Lipinski definition) is 3. The first-order chi connectivity index (χ1) is 7.34. The van der Waals surface area contributed by atoms with Gasteiger partial charge in [-0.2, -0.15) is 4.39 Å². The summed E-state index contributed by atoms with van der Waals surface area (Å²) in [5, 5.41) is 17.0. The zero-order valence-corrected chi connectivity index (χ0v) is 8.63. The summed E-state index contributed by atoms with van der Waals surface area (Å²) in [7, 11) is 0. The molecule has 4 nitrogen and oxygen atoms in total. The Labute approximate surface area is 94.3 Å². The van der Waals surface area contributed by atoms with Gasteiger partial charge in [0.15, 0.2) is 11.6 Å². The van der Waals surface area contributed by atoms with Gasteiger partial charge < -0.3 is 15.9 Å². The van der Waals surface area contributed by atoms with Crippen molar-refractivity contribution in [2.75, 3.05) is 0 Å². The lowest BCUT2D eigenvalue weighted by molar-refractivity contribution is -0.137. The molecule has 88 valence electrons. The number of aliphatic carboxylic acids is 1. The second-order valence-corrected chi connectivity index (χ2v) is 3.54. The largest absolute Gasteiger partial charge is 0.504 e. The number of nitrogens with two attached hydrogens (primary N) is 1. The second kappa shape index (κ2) is 4.63.